The number of thioether (sulfide) groups is 1. The summed E-state index contributed by atoms with van der Waals surface area (Å²) < 4.78 is 2.10. The van der Waals surface area contributed by atoms with E-state index in [1.54, 1.807) is 6.20 Å². The first-order chi connectivity index (χ1) is 12.6. The highest BCUT2D eigenvalue weighted by Gasteiger charge is 2.51. The fourth-order valence-corrected chi connectivity index (χ4v) is 4.36. The summed E-state index contributed by atoms with van der Waals surface area (Å²) in [4.78, 5) is 25.2. The van der Waals surface area contributed by atoms with Gasteiger partial charge in [0.05, 0.1) is 11.8 Å². The molecular formula is C17H16N5O3S+. The number of fused-ring (bicyclic) bond motifs is 1. The minimum atomic E-state index is -1.09. The monoisotopic (exact) mass is 370 g/mol. The van der Waals surface area contributed by atoms with Crippen LogP contribution in [0.1, 0.15) is 17.8 Å². The number of H-pyrrole nitrogens is 1. The molecule has 2 aromatic heterocycles. The first-order valence-electron chi connectivity index (χ1n) is 8.04. The largest absolute Gasteiger partial charge is 0.477 e. The quantitative estimate of drug-likeness (QED) is 0.464. The van der Waals surface area contributed by atoms with Crippen LogP contribution >= 0.6 is 11.8 Å². The van der Waals surface area contributed by atoms with Crippen LogP contribution in [0.5, 0.6) is 0 Å². The topological polar surface area (TPSA) is 103 Å². The lowest BCUT2D eigenvalue weighted by molar-refractivity contribution is -0.701. The number of carbonyl (C=O) groups is 2. The van der Waals surface area contributed by atoms with E-state index in [9.17, 15) is 14.7 Å². The highest BCUT2D eigenvalue weighted by Crippen LogP contribution is 2.47. The summed E-state index contributed by atoms with van der Waals surface area (Å²) in [6.45, 7) is 2.71. The number of rotatable bonds is 5. The van der Waals surface area contributed by atoms with Crippen molar-refractivity contribution in [2.24, 2.45) is 0 Å². The maximum atomic E-state index is 12.7. The van der Waals surface area contributed by atoms with Gasteiger partial charge in [0, 0.05) is 30.9 Å². The number of aryl methyl sites for hydroxylation is 2. The molecule has 132 valence electrons. The molecule has 1 saturated heterocycles. The number of hydrogen-bond donors (Lipinski definition) is 2. The van der Waals surface area contributed by atoms with Gasteiger partial charge in [0.1, 0.15) is 16.8 Å². The van der Waals surface area contributed by atoms with Gasteiger partial charge in [-0.2, -0.15) is 15.4 Å². The molecule has 1 fully saturated rings. The van der Waals surface area contributed by atoms with Gasteiger partial charge in [-0.25, -0.2) is 9.36 Å². The minimum absolute atomic E-state index is 0.0292. The molecule has 2 aliphatic heterocycles. The third-order valence-corrected chi connectivity index (χ3v) is 5.60. The number of amides is 1. The highest BCUT2D eigenvalue weighted by molar-refractivity contribution is 8.03. The number of hydrogen-bond acceptors (Lipinski definition) is 5. The lowest BCUT2D eigenvalue weighted by atomic mass is 9.94. The molecule has 1 amide bonds. The van der Waals surface area contributed by atoms with Crippen LogP contribution in [-0.4, -0.2) is 42.7 Å². The summed E-state index contributed by atoms with van der Waals surface area (Å²) in [5.74, 6) is -1.37. The second-order valence-corrected chi connectivity index (χ2v) is 6.96. The zero-order chi connectivity index (χ0) is 18.3. The summed E-state index contributed by atoms with van der Waals surface area (Å²) >= 11 is 1.33. The Morgan fingerprint density at radius 1 is 1.46 bits per heavy atom. The Morgan fingerprint density at radius 3 is 3.00 bits per heavy atom. The Morgan fingerprint density at radius 2 is 2.31 bits per heavy atom. The van der Waals surface area contributed by atoms with E-state index in [0.29, 0.717) is 24.2 Å². The Bertz CT molecular complexity index is 951. The Hall–Kier alpha value is -2.94. The maximum absolute atomic E-state index is 12.7. The fraction of sp³-hybridized carbons (Fsp3) is 0.235. The minimum Gasteiger partial charge on any atom is -0.477 e. The third-order valence-electron chi connectivity index (χ3n) is 4.54. The number of allylic oxidation sites excluding steroid dienone is 1. The van der Waals surface area contributed by atoms with Crippen LogP contribution in [0.2, 0.25) is 0 Å². The van der Waals surface area contributed by atoms with Crippen LogP contribution in [0.15, 0.2) is 47.3 Å². The number of aromatic amines is 1. The molecule has 4 rings (SSSR count). The van der Waals surface area contributed by atoms with Crippen molar-refractivity contribution >= 4 is 29.2 Å². The molecule has 2 aliphatic rings. The lowest BCUT2D eigenvalue weighted by Crippen LogP contribution is -2.52. The molecule has 0 spiro atoms. The molecule has 0 saturated carbocycles. The van der Waals surface area contributed by atoms with E-state index in [2.05, 4.69) is 20.0 Å². The van der Waals surface area contributed by atoms with Crippen LogP contribution in [0.4, 0.5) is 0 Å². The van der Waals surface area contributed by atoms with Gasteiger partial charge in [0.25, 0.3) is 5.91 Å². The van der Waals surface area contributed by atoms with Crippen molar-refractivity contribution in [1.29, 1.82) is 0 Å². The molecule has 0 unspecified atom stereocenters. The van der Waals surface area contributed by atoms with Crippen LogP contribution in [-0.2, 0) is 16.1 Å². The number of nitrogens with one attached hydrogen (secondary N) is 1. The van der Waals surface area contributed by atoms with Crippen molar-refractivity contribution in [2.75, 3.05) is 0 Å². The summed E-state index contributed by atoms with van der Waals surface area (Å²) in [6, 6.07) is 5.96. The molecule has 0 aliphatic carbocycles. The van der Waals surface area contributed by atoms with Gasteiger partial charge in [0.15, 0.2) is 18.4 Å². The predicted molar refractivity (Wildman–Crippen MR) is 93.2 cm³/mol. The molecule has 0 aromatic carbocycles. The zero-order valence-electron chi connectivity index (χ0n) is 13.9. The van der Waals surface area contributed by atoms with E-state index in [0.717, 1.165) is 11.3 Å². The molecule has 8 nitrogen and oxygen atoms in total. The third kappa shape index (κ3) is 2.60. The summed E-state index contributed by atoms with van der Waals surface area (Å²) in [6.07, 6.45) is 4.17. The van der Waals surface area contributed by atoms with Gasteiger partial charge < -0.3 is 5.11 Å². The molecule has 1 atom stereocenters. The zero-order valence-corrected chi connectivity index (χ0v) is 14.7. The number of pyridine rings is 1. The van der Waals surface area contributed by atoms with Crippen molar-refractivity contribution in [1.82, 2.24) is 20.3 Å². The van der Waals surface area contributed by atoms with E-state index in [1.165, 1.54) is 22.1 Å². The molecule has 2 aromatic rings. The molecular weight excluding hydrogens is 354 g/mol. The fourth-order valence-electron chi connectivity index (χ4n) is 3.18. The van der Waals surface area contributed by atoms with Gasteiger partial charge in [-0.15, -0.1) is 11.8 Å². The number of aromatic nitrogens is 4. The average Bonchev–Trinajstić information content (AvgIpc) is 3.27. The summed E-state index contributed by atoms with van der Waals surface area (Å²) in [5, 5.41) is 21.0. The average molecular weight is 370 g/mol. The van der Waals surface area contributed by atoms with Gasteiger partial charge in [0.2, 0.25) is 0 Å². The number of carboxylic acids is 1. The highest BCUT2D eigenvalue weighted by atomic mass is 32.2. The number of β-lactam (4-membered cyclic amide) rings is 1. The summed E-state index contributed by atoms with van der Waals surface area (Å²) in [5.41, 5.74) is 3.16. The number of carboxylic acid groups (broad SMARTS) is 1. The van der Waals surface area contributed by atoms with Crippen LogP contribution < -0.4 is 4.57 Å². The van der Waals surface area contributed by atoms with E-state index in [1.807, 2.05) is 31.3 Å². The molecule has 4 heterocycles. The Kier molecular flexibility index (Phi) is 4.08. The van der Waals surface area contributed by atoms with E-state index in [-0.39, 0.29) is 17.0 Å². The van der Waals surface area contributed by atoms with Gasteiger partial charge in [-0.1, -0.05) is 6.07 Å². The second-order valence-electron chi connectivity index (χ2n) is 6.00. The molecule has 9 heteroatoms. The van der Waals surface area contributed by atoms with Gasteiger partial charge >= 0.3 is 5.97 Å². The van der Waals surface area contributed by atoms with Crippen molar-refractivity contribution in [3.8, 4) is 0 Å². The van der Waals surface area contributed by atoms with Crippen molar-refractivity contribution in [3.05, 3.63) is 58.7 Å². The standard InChI is InChI=1S/C17H15N5O3S/c1-10-4-2-3-6-21(10)7-5-11(12-8-18-20-19-12)14-15(23)22-13(17(24)25)9-26-16(14)22/h2-4,6,8-9,16H,5,7H2,1H3,(H-,18,19,20,23,24,25)/p+1/t16-/m1/s1. The van der Waals surface area contributed by atoms with Crippen molar-refractivity contribution < 1.29 is 19.3 Å². The van der Waals surface area contributed by atoms with Gasteiger partial charge in [-0.3, -0.25) is 9.69 Å². The normalized spacial score (nSPS) is 20.5. The Balaban J connectivity index is 1.65. The number of aliphatic carboxylic acids is 1. The van der Waals surface area contributed by atoms with Crippen molar-refractivity contribution in [3.63, 3.8) is 0 Å². The maximum Gasteiger partial charge on any atom is 0.353 e. The van der Waals surface area contributed by atoms with Crippen molar-refractivity contribution in [2.45, 2.75) is 25.3 Å². The predicted octanol–water partition coefficient (Wildman–Crippen LogP) is 1.09. The first-order valence-corrected chi connectivity index (χ1v) is 8.99. The molecule has 0 bridgehead atoms. The van der Waals surface area contributed by atoms with E-state index < -0.39 is 5.97 Å². The van der Waals surface area contributed by atoms with E-state index in [4.69, 9.17) is 0 Å². The number of nitrogens with zero attached hydrogens (tertiary/aromatic N) is 4. The summed E-state index contributed by atoms with van der Waals surface area (Å²) in [7, 11) is 0. The molecule has 0 radical (unpaired) electrons. The SMILES string of the molecule is Cc1cccc[n+]1CCC(=C1C(=O)N2C(C(=O)O)=CS[C@H]12)c1cn[nH]n1. The second kappa shape index (κ2) is 6.41. The Labute approximate surface area is 153 Å². The van der Waals surface area contributed by atoms with Crippen LogP contribution in [0, 0.1) is 6.92 Å². The van der Waals surface area contributed by atoms with Crippen LogP contribution in [0.3, 0.4) is 0 Å². The van der Waals surface area contributed by atoms with Gasteiger partial charge in [-0.05, 0) is 5.57 Å². The first kappa shape index (κ1) is 16.5. The smallest absolute Gasteiger partial charge is 0.353 e. The van der Waals surface area contributed by atoms with E-state index >= 15 is 0 Å². The molecule has 26 heavy (non-hydrogen) atoms. The van der Waals surface area contributed by atoms with Crippen LogP contribution in [0.25, 0.3) is 5.57 Å². The molecule has 2 N–H and O–H groups in total. The lowest BCUT2D eigenvalue weighted by Gasteiger charge is -2.38. The number of carbonyl (C=O) groups excluding carboxylic acids is 1.